The van der Waals surface area contributed by atoms with Crippen molar-refractivity contribution in [2.45, 2.75) is 32.2 Å². The summed E-state index contributed by atoms with van der Waals surface area (Å²) in [6.07, 6.45) is 7.20. The smallest absolute Gasteiger partial charge is 0.266 e. The molecule has 146 valence electrons. The van der Waals surface area contributed by atoms with Crippen LogP contribution in [0.4, 0.5) is 5.00 Å². The van der Waals surface area contributed by atoms with Gasteiger partial charge in [-0.3, -0.25) is 4.79 Å². The standard InChI is InChI=1S/C23H17N5OS/c24-9-10-28-14-16(17-5-1-3-7-20(17)28)11-15(12-25)22(29)27-23-19(13-26)18-6-2-4-8-21(18)30-23/h1,3,5,7,11,14H,2,4,6,8,10H2,(H,27,29)/b15-11+. The van der Waals surface area contributed by atoms with E-state index in [9.17, 15) is 15.3 Å². The van der Waals surface area contributed by atoms with Gasteiger partial charge in [0.05, 0.1) is 11.6 Å². The van der Waals surface area contributed by atoms with E-state index in [1.54, 1.807) is 10.8 Å². The molecule has 3 aromatic rings. The first-order valence-electron chi connectivity index (χ1n) is 9.59. The molecular formula is C23H17N5OS. The second kappa shape index (κ2) is 8.25. The van der Waals surface area contributed by atoms with Gasteiger partial charge in [-0.2, -0.15) is 15.8 Å². The lowest BCUT2D eigenvalue weighted by molar-refractivity contribution is -0.112. The molecule has 6 nitrogen and oxygen atoms in total. The number of rotatable bonds is 4. The Morgan fingerprint density at radius 3 is 2.77 bits per heavy atom. The van der Waals surface area contributed by atoms with Gasteiger partial charge in [-0.1, -0.05) is 18.2 Å². The molecule has 0 unspecified atom stereocenters. The fraction of sp³-hybridized carbons (Fsp3) is 0.217. The zero-order chi connectivity index (χ0) is 21.1. The fourth-order valence-corrected chi connectivity index (χ4v) is 5.08. The summed E-state index contributed by atoms with van der Waals surface area (Å²) in [5.74, 6) is -0.537. The number of amides is 1. The number of hydrogen-bond acceptors (Lipinski definition) is 5. The second-order valence-corrected chi connectivity index (χ2v) is 8.14. The van der Waals surface area contributed by atoms with Crippen molar-refractivity contribution in [3.8, 4) is 18.2 Å². The molecule has 0 saturated heterocycles. The summed E-state index contributed by atoms with van der Waals surface area (Å²) in [7, 11) is 0. The van der Waals surface area contributed by atoms with Gasteiger partial charge in [0.2, 0.25) is 0 Å². The summed E-state index contributed by atoms with van der Waals surface area (Å²) >= 11 is 1.43. The molecule has 30 heavy (non-hydrogen) atoms. The predicted octanol–water partition coefficient (Wildman–Crippen LogP) is 4.52. The normalized spacial score (nSPS) is 13.2. The first-order valence-corrected chi connectivity index (χ1v) is 10.4. The van der Waals surface area contributed by atoms with E-state index < -0.39 is 5.91 Å². The average molecular weight is 411 g/mol. The van der Waals surface area contributed by atoms with Gasteiger partial charge in [0, 0.05) is 27.5 Å². The number of nitriles is 3. The van der Waals surface area contributed by atoms with Gasteiger partial charge in [-0.05, 0) is 43.4 Å². The van der Waals surface area contributed by atoms with E-state index in [0.29, 0.717) is 16.1 Å². The van der Waals surface area contributed by atoms with E-state index in [2.05, 4.69) is 17.5 Å². The minimum absolute atomic E-state index is 0.0508. The third kappa shape index (κ3) is 3.46. The third-order valence-electron chi connectivity index (χ3n) is 5.24. The summed E-state index contributed by atoms with van der Waals surface area (Å²) < 4.78 is 1.79. The molecule has 1 N–H and O–H groups in total. The number of fused-ring (bicyclic) bond motifs is 2. The Hall–Kier alpha value is -3.86. The number of anilines is 1. The maximum absolute atomic E-state index is 12.8. The Morgan fingerprint density at radius 1 is 1.20 bits per heavy atom. The summed E-state index contributed by atoms with van der Waals surface area (Å²) in [5.41, 5.74) is 3.06. The molecule has 1 amide bonds. The van der Waals surface area contributed by atoms with E-state index >= 15 is 0 Å². The lowest BCUT2D eigenvalue weighted by Crippen LogP contribution is -2.13. The average Bonchev–Trinajstić information content (AvgIpc) is 3.29. The van der Waals surface area contributed by atoms with Crippen molar-refractivity contribution < 1.29 is 4.79 Å². The quantitative estimate of drug-likeness (QED) is 0.503. The highest BCUT2D eigenvalue weighted by molar-refractivity contribution is 7.16. The summed E-state index contributed by atoms with van der Waals surface area (Å²) in [6, 6.07) is 13.8. The Kier molecular flexibility index (Phi) is 5.35. The van der Waals surface area contributed by atoms with E-state index in [1.807, 2.05) is 30.3 Å². The largest absolute Gasteiger partial charge is 0.333 e. The van der Waals surface area contributed by atoms with E-state index in [0.717, 1.165) is 47.0 Å². The molecule has 0 fully saturated rings. The molecule has 1 aliphatic carbocycles. The number of carbonyl (C=O) groups is 1. The molecule has 0 saturated carbocycles. The van der Waals surface area contributed by atoms with Crippen LogP contribution in [0.1, 0.15) is 34.4 Å². The SMILES string of the molecule is N#CCn1cc(/C=C(\C#N)C(=O)Nc2sc3c(c2C#N)CCCC3)c2ccccc21. The van der Waals surface area contributed by atoms with Crippen LogP contribution >= 0.6 is 11.3 Å². The van der Waals surface area contributed by atoms with Crippen LogP contribution in [0.2, 0.25) is 0 Å². The van der Waals surface area contributed by atoms with Crippen molar-refractivity contribution in [1.29, 1.82) is 15.8 Å². The zero-order valence-electron chi connectivity index (χ0n) is 16.1. The molecule has 7 heteroatoms. The molecule has 2 heterocycles. The lowest BCUT2D eigenvalue weighted by atomic mass is 9.96. The first kappa shape index (κ1) is 19.5. The van der Waals surface area contributed by atoms with Crippen LogP contribution in [-0.4, -0.2) is 10.5 Å². The van der Waals surface area contributed by atoms with Gasteiger partial charge in [0.25, 0.3) is 5.91 Å². The molecule has 1 aromatic carbocycles. The maximum atomic E-state index is 12.8. The van der Waals surface area contributed by atoms with Crippen molar-refractivity contribution in [2.75, 3.05) is 5.32 Å². The molecular weight excluding hydrogens is 394 g/mol. The van der Waals surface area contributed by atoms with Crippen LogP contribution in [0.3, 0.4) is 0 Å². The monoisotopic (exact) mass is 411 g/mol. The number of hydrogen-bond donors (Lipinski definition) is 1. The van der Waals surface area contributed by atoms with Crippen molar-refractivity contribution in [3.63, 3.8) is 0 Å². The van der Waals surface area contributed by atoms with E-state index in [4.69, 9.17) is 5.26 Å². The Labute approximate surface area is 177 Å². The molecule has 0 aliphatic heterocycles. The minimum atomic E-state index is -0.537. The van der Waals surface area contributed by atoms with Crippen molar-refractivity contribution in [3.05, 3.63) is 57.6 Å². The van der Waals surface area contributed by atoms with Crippen molar-refractivity contribution in [2.24, 2.45) is 0 Å². The van der Waals surface area contributed by atoms with Crippen LogP contribution in [0.5, 0.6) is 0 Å². The summed E-state index contributed by atoms with van der Waals surface area (Å²) in [6.45, 7) is 0.175. The third-order valence-corrected chi connectivity index (χ3v) is 6.44. The van der Waals surface area contributed by atoms with Crippen LogP contribution in [0, 0.1) is 34.0 Å². The van der Waals surface area contributed by atoms with E-state index in [1.165, 1.54) is 17.4 Å². The molecule has 1 aliphatic rings. The Bertz CT molecular complexity index is 1310. The zero-order valence-corrected chi connectivity index (χ0v) is 16.9. The first-order chi connectivity index (χ1) is 14.7. The van der Waals surface area contributed by atoms with Crippen LogP contribution in [-0.2, 0) is 24.2 Å². The fourth-order valence-electron chi connectivity index (χ4n) is 3.84. The molecule has 4 rings (SSSR count). The van der Waals surface area contributed by atoms with Crippen LogP contribution in [0.25, 0.3) is 17.0 Å². The Balaban J connectivity index is 1.68. The number of nitrogens with one attached hydrogen (secondary N) is 1. The number of benzene rings is 1. The van der Waals surface area contributed by atoms with Gasteiger partial charge in [0.1, 0.15) is 29.3 Å². The highest BCUT2D eigenvalue weighted by Crippen LogP contribution is 2.37. The Morgan fingerprint density at radius 2 is 2.00 bits per heavy atom. The molecule has 0 atom stereocenters. The topological polar surface area (TPSA) is 105 Å². The minimum Gasteiger partial charge on any atom is -0.333 e. The van der Waals surface area contributed by atoms with Gasteiger partial charge < -0.3 is 9.88 Å². The second-order valence-electron chi connectivity index (χ2n) is 7.04. The van der Waals surface area contributed by atoms with Gasteiger partial charge in [0.15, 0.2) is 0 Å². The van der Waals surface area contributed by atoms with Gasteiger partial charge in [-0.25, -0.2) is 0 Å². The number of thiophene rings is 1. The lowest BCUT2D eigenvalue weighted by Gasteiger charge is -2.09. The van der Waals surface area contributed by atoms with Crippen molar-refractivity contribution in [1.82, 2.24) is 4.57 Å². The number of aromatic nitrogens is 1. The molecule has 0 radical (unpaired) electrons. The number of aryl methyl sites for hydroxylation is 1. The number of nitrogens with zero attached hydrogens (tertiary/aromatic N) is 4. The summed E-state index contributed by atoms with van der Waals surface area (Å²) in [4.78, 5) is 14.0. The molecule has 0 bridgehead atoms. The predicted molar refractivity (Wildman–Crippen MR) is 115 cm³/mol. The number of carbonyl (C=O) groups excluding carboxylic acids is 1. The van der Waals surface area contributed by atoms with Crippen LogP contribution < -0.4 is 5.32 Å². The highest BCUT2D eigenvalue weighted by Gasteiger charge is 2.23. The maximum Gasteiger partial charge on any atom is 0.266 e. The van der Waals surface area contributed by atoms with Gasteiger partial charge >= 0.3 is 0 Å². The van der Waals surface area contributed by atoms with Crippen molar-refractivity contribution >= 4 is 39.2 Å². The number of para-hydroxylation sites is 1. The molecule has 2 aromatic heterocycles. The van der Waals surface area contributed by atoms with Gasteiger partial charge in [-0.15, -0.1) is 11.3 Å². The highest BCUT2D eigenvalue weighted by atomic mass is 32.1. The van der Waals surface area contributed by atoms with Crippen LogP contribution in [0.15, 0.2) is 36.0 Å². The summed E-state index contributed by atoms with van der Waals surface area (Å²) in [5, 5.41) is 32.4. The molecule has 0 spiro atoms. The van der Waals surface area contributed by atoms with E-state index in [-0.39, 0.29) is 12.1 Å².